The summed E-state index contributed by atoms with van der Waals surface area (Å²) in [4.78, 5) is 30.6. The normalized spacial score (nSPS) is 11.1. The minimum absolute atomic E-state index is 0.214. The molecule has 0 aliphatic carbocycles. The lowest BCUT2D eigenvalue weighted by Crippen LogP contribution is -2.47. The number of anilines is 1. The van der Waals surface area contributed by atoms with Crippen LogP contribution in [0.5, 0.6) is 0 Å². The number of urea groups is 1. The minimum atomic E-state index is -0.443. The molecule has 0 aliphatic heterocycles. The predicted octanol–water partition coefficient (Wildman–Crippen LogP) is 4.46. The van der Waals surface area contributed by atoms with Gasteiger partial charge in [0.15, 0.2) is 5.69 Å². The van der Waals surface area contributed by atoms with Gasteiger partial charge in [-0.25, -0.2) is 14.6 Å². The molecule has 0 fully saturated rings. The third kappa shape index (κ3) is 5.29. The van der Waals surface area contributed by atoms with E-state index < -0.39 is 11.5 Å². The Kier molecular flexibility index (Phi) is 6.37. The molecule has 1 N–H and O–H groups in total. The molecule has 1 aromatic heterocycles. The number of rotatable bonds is 5. The molecule has 7 heteroatoms. The number of ether oxygens (including phenoxy) is 1. The standard InChI is InChI=1S/C19H25N3O3S/c1-6-25-17(23)15-12-26-16(21-15)11-22(19(3,4)5)18(24)20-14-9-7-13(2)8-10-14/h7-10,12H,6,11H2,1-5H3,(H,20,24). The Morgan fingerprint density at radius 3 is 2.46 bits per heavy atom. The minimum Gasteiger partial charge on any atom is -0.461 e. The van der Waals surface area contributed by atoms with Crippen molar-refractivity contribution in [3.63, 3.8) is 0 Å². The van der Waals surface area contributed by atoms with E-state index in [1.807, 2.05) is 52.0 Å². The average Bonchev–Trinajstić information content (AvgIpc) is 3.03. The maximum absolute atomic E-state index is 12.8. The Bertz CT molecular complexity index is 763. The van der Waals surface area contributed by atoms with E-state index >= 15 is 0 Å². The van der Waals surface area contributed by atoms with Crippen LogP contribution in [0.1, 0.15) is 48.8 Å². The van der Waals surface area contributed by atoms with Gasteiger partial charge in [0, 0.05) is 16.6 Å². The van der Waals surface area contributed by atoms with E-state index in [1.54, 1.807) is 17.2 Å². The highest BCUT2D eigenvalue weighted by Crippen LogP contribution is 2.22. The van der Waals surface area contributed by atoms with Crippen molar-refractivity contribution in [1.29, 1.82) is 0 Å². The van der Waals surface area contributed by atoms with Crippen molar-refractivity contribution in [3.8, 4) is 0 Å². The Labute approximate surface area is 158 Å². The molecule has 0 unspecified atom stereocenters. The lowest BCUT2D eigenvalue weighted by Gasteiger charge is -2.35. The molecule has 26 heavy (non-hydrogen) atoms. The van der Waals surface area contributed by atoms with Crippen molar-refractivity contribution in [3.05, 3.63) is 45.9 Å². The van der Waals surface area contributed by atoms with Crippen LogP contribution in [0.15, 0.2) is 29.6 Å². The highest BCUT2D eigenvalue weighted by molar-refractivity contribution is 7.09. The van der Waals surface area contributed by atoms with Crippen LogP contribution in [0.25, 0.3) is 0 Å². The van der Waals surface area contributed by atoms with E-state index in [2.05, 4.69) is 10.3 Å². The van der Waals surface area contributed by atoms with Crippen molar-refractivity contribution >= 4 is 29.0 Å². The largest absolute Gasteiger partial charge is 0.461 e. The number of hydrogen-bond acceptors (Lipinski definition) is 5. The second-order valence-corrected chi connectivity index (χ2v) is 7.84. The molecule has 0 saturated carbocycles. The summed E-state index contributed by atoms with van der Waals surface area (Å²) in [6.07, 6.45) is 0. The first-order valence-corrected chi connectivity index (χ1v) is 9.35. The number of esters is 1. The van der Waals surface area contributed by atoms with Crippen LogP contribution >= 0.6 is 11.3 Å². The topological polar surface area (TPSA) is 71.5 Å². The number of thiazole rings is 1. The molecule has 0 saturated heterocycles. The summed E-state index contributed by atoms with van der Waals surface area (Å²) in [6.45, 7) is 10.2. The summed E-state index contributed by atoms with van der Waals surface area (Å²) >= 11 is 1.34. The number of nitrogens with zero attached hydrogens (tertiary/aromatic N) is 2. The molecule has 2 rings (SSSR count). The second kappa shape index (κ2) is 8.31. The summed E-state index contributed by atoms with van der Waals surface area (Å²) in [5.41, 5.74) is 1.73. The zero-order valence-electron chi connectivity index (χ0n) is 15.8. The van der Waals surface area contributed by atoms with Gasteiger partial charge in [-0.3, -0.25) is 0 Å². The summed E-state index contributed by atoms with van der Waals surface area (Å²) in [5, 5.41) is 5.26. The molecule has 6 nitrogen and oxygen atoms in total. The molecule has 0 spiro atoms. The first-order valence-electron chi connectivity index (χ1n) is 8.47. The van der Waals surface area contributed by atoms with Crippen molar-refractivity contribution in [2.75, 3.05) is 11.9 Å². The number of hydrogen-bond donors (Lipinski definition) is 1. The van der Waals surface area contributed by atoms with Crippen LogP contribution in [0.3, 0.4) is 0 Å². The van der Waals surface area contributed by atoms with Gasteiger partial charge >= 0.3 is 12.0 Å². The van der Waals surface area contributed by atoms with Crippen LogP contribution in [-0.2, 0) is 11.3 Å². The molecule has 2 aromatic rings. The SMILES string of the molecule is CCOC(=O)c1csc(CN(C(=O)Nc2ccc(C)cc2)C(C)(C)C)n1. The Balaban J connectivity index is 2.13. The third-order valence-corrected chi connectivity index (χ3v) is 4.52. The van der Waals surface area contributed by atoms with Crippen molar-refractivity contribution < 1.29 is 14.3 Å². The van der Waals surface area contributed by atoms with Crippen molar-refractivity contribution in [2.24, 2.45) is 0 Å². The molecule has 0 atom stereocenters. The Morgan fingerprint density at radius 1 is 1.23 bits per heavy atom. The molecule has 0 radical (unpaired) electrons. The van der Waals surface area contributed by atoms with Gasteiger partial charge in [-0.1, -0.05) is 17.7 Å². The lowest BCUT2D eigenvalue weighted by molar-refractivity contribution is 0.0520. The average molecular weight is 375 g/mol. The highest BCUT2D eigenvalue weighted by Gasteiger charge is 2.28. The van der Waals surface area contributed by atoms with Crippen LogP contribution in [0.4, 0.5) is 10.5 Å². The molecular formula is C19H25N3O3S. The maximum atomic E-state index is 12.8. The van der Waals surface area contributed by atoms with Gasteiger partial charge in [-0.15, -0.1) is 11.3 Å². The summed E-state index contributed by atoms with van der Waals surface area (Å²) < 4.78 is 4.96. The van der Waals surface area contributed by atoms with Crippen molar-refractivity contribution in [2.45, 2.75) is 46.7 Å². The summed E-state index contributed by atoms with van der Waals surface area (Å²) in [5.74, 6) is -0.443. The molecule has 1 aromatic carbocycles. The van der Waals surface area contributed by atoms with Gasteiger partial charge in [0.25, 0.3) is 0 Å². The first-order chi connectivity index (χ1) is 12.2. The van der Waals surface area contributed by atoms with E-state index in [-0.39, 0.29) is 11.7 Å². The molecule has 2 amide bonds. The fourth-order valence-electron chi connectivity index (χ4n) is 2.26. The molecule has 140 valence electrons. The number of benzene rings is 1. The molecular weight excluding hydrogens is 350 g/mol. The van der Waals surface area contributed by atoms with Gasteiger partial charge < -0.3 is 15.0 Å². The van der Waals surface area contributed by atoms with Crippen molar-refractivity contribution in [1.82, 2.24) is 9.88 Å². The van der Waals surface area contributed by atoms with E-state index in [0.29, 0.717) is 18.2 Å². The van der Waals surface area contributed by atoms with Crippen LogP contribution in [0, 0.1) is 6.92 Å². The van der Waals surface area contributed by atoms with E-state index in [4.69, 9.17) is 4.74 Å². The van der Waals surface area contributed by atoms with Gasteiger partial charge in [0.05, 0.1) is 13.2 Å². The first kappa shape index (κ1) is 19.9. The Hall–Kier alpha value is -2.41. The molecule has 0 bridgehead atoms. The quantitative estimate of drug-likeness (QED) is 0.783. The van der Waals surface area contributed by atoms with Crippen LogP contribution in [-0.4, -0.2) is 34.0 Å². The summed E-state index contributed by atoms with van der Waals surface area (Å²) in [6, 6.07) is 7.42. The maximum Gasteiger partial charge on any atom is 0.357 e. The van der Waals surface area contributed by atoms with Crippen LogP contribution in [0.2, 0.25) is 0 Å². The second-order valence-electron chi connectivity index (χ2n) is 6.90. The zero-order valence-corrected chi connectivity index (χ0v) is 16.6. The predicted molar refractivity (Wildman–Crippen MR) is 104 cm³/mol. The number of amides is 2. The Morgan fingerprint density at radius 2 is 1.88 bits per heavy atom. The van der Waals surface area contributed by atoms with Gasteiger partial charge in [-0.2, -0.15) is 0 Å². The molecule has 0 aliphatic rings. The van der Waals surface area contributed by atoms with Gasteiger partial charge in [0.2, 0.25) is 0 Å². The number of carbonyl (C=O) groups is 2. The van der Waals surface area contributed by atoms with E-state index in [0.717, 1.165) is 11.3 Å². The van der Waals surface area contributed by atoms with Crippen LogP contribution < -0.4 is 5.32 Å². The number of nitrogens with one attached hydrogen (secondary N) is 1. The number of aryl methyl sites for hydroxylation is 1. The highest BCUT2D eigenvalue weighted by atomic mass is 32.1. The van der Waals surface area contributed by atoms with Gasteiger partial charge in [-0.05, 0) is 46.8 Å². The van der Waals surface area contributed by atoms with Gasteiger partial charge in [0.1, 0.15) is 5.01 Å². The number of aromatic nitrogens is 1. The molecule has 1 heterocycles. The monoisotopic (exact) mass is 375 g/mol. The lowest BCUT2D eigenvalue weighted by atomic mass is 10.1. The summed E-state index contributed by atoms with van der Waals surface area (Å²) in [7, 11) is 0. The smallest absolute Gasteiger partial charge is 0.357 e. The fraction of sp³-hybridized carbons (Fsp3) is 0.421. The zero-order chi connectivity index (χ0) is 19.3. The number of carbonyl (C=O) groups excluding carboxylic acids is 2. The fourth-order valence-corrected chi connectivity index (χ4v) is 3.01. The van der Waals surface area contributed by atoms with E-state index in [9.17, 15) is 9.59 Å². The third-order valence-electron chi connectivity index (χ3n) is 3.69. The van der Waals surface area contributed by atoms with E-state index in [1.165, 1.54) is 11.3 Å².